The molecule has 0 aliphatic heterocycles. The first kappa shape index (κ1) is 12.3. The molecule has 0 spiro atoms. The average Bonchev–Trinajstić information content (AvgIpc) is 1.21. The summed E-state index contributed by atoms with van der Waals surface area (Å²) < 4.78 is 0. The van der Waals surface area contributed by atoms with Crippen LogP contribution < -0.4 is 0 Å². The van der Waals surface area contributed by atoms with Crippen molar-refractivity contribution < 1.29 is 12.8 Å². The third-order valence-electron chi connectivity index (χ3n) is 0.556. The van der Waals surface area contributed by atoms with Gasteiger partial charge in [0.15, 0.2) is 0 Å². The molecule has 0 saturated carbocycles. The Balaban J connectivity index is -0.0000000817. The number of carboxylic acid groups (broad SMARTS) is 1. The molecule has 0 amide bonds. The molecular weight excluding hydrogens is 148 g/mol. The summed E-state index contributed by atoms with van der Waals surface area (Å²) in [5, 5.41) is 8.27. The first-order valence-electron chi connectivity index (χ1n) is 2.29. The molecule has 1 N–H and O–H groups in total. The van der Waals surface area contributed by atoms with Crippen LogP contribution in [-0.4, -0.2) is 58.6 Å². The first-order valence-corrected chi connectivity index (χ1v) is 5.32. The largest absolute Gasteiger partial charge is 2.00 e. The zero-order valence-electron chi connectivity index (χ0n) is 8.18. The van der Waals surface area contributed by atoms with Crippen LogP contribution in [0.5, 0.6) is 0 Å². The summed E-state index contributed by atoms with van der Waals surface area (Å²) in [7, 11) is -0.823. The minimum Gasteiger partial charge on any atom is -1.00 e. The molecule has 0 heterocycles. The fourth-order valence-corrected chi connectivity index (χ4v) is 1.11. The molecule has 0 aliphatic carbocycles. The molecule has 0 atom stereocenters. The van der Waals surface area contributed by atoms with Crippen LogP contribution in [0, 0.1) is 0 Å². The summed E-state index contributed by atoms with van der Waals surface area (Å²) in [6, 6.07) is 0. The Labute approximate surface area is 76.5 Å². The van der Waals surface area contributed by atoms with Gasteiger partial charge in [0, 0.05) is 0 Å². The molecule has 0 radical (unpaired) electrons. The number of rotatable bonds is 2. The maximum atomic E-state index is 10.0. The van der Waals surface area contributed by atoms with Crippen LogP contribution in [0.2, 0.25) is 0 Å². The van der Waals surface area contributed by atoms with Crippen LogP contribution in [0.1, 0.15) is 2.85 Å². The number of carboxylic acids is 1. The predicted octanol–water partition coefficient (Wildman–Crippen LogP) is 0.609. The fourth-order valence-electron chi connectivity index (χ4n) is 0.370. The van der Waals surface area contributed by atoms with Crippen LogP contribution in [0.25, 0.3) is 0 Å². The molecule has 0 aromatic carbocycles. The molecule has 0 bridgehead atoms. The molecule has 2 nitrogen and oxygen atoms in total. The molecule has 0 unspecified atom stereocenters. The van der Waals surface area contributed by atoms with Crippen molar-refractivity contribution in [2.45, 2.75) is 0 Å². The van der Waals surface area contributed by atoms with E-state index >= 15 is 0 Å². The second-order valence-corrected chi connectivity index (χ2v) is 7.10. The van der Waals surface area contributed by atoms with Crippen molar-refractivity contribution >= 4 is 39.1 Å². The summed E-state index contributed by atoms with van der Waals surface area (Å²) in [4.78, 5) is 10.0. The van der Waals surface area contributed by atoms with E-state index in [0.29, 0.717) is 5.75 Å². The quantitative estimate of drug-likeness (QED) is 0.604. The SMILES string of the molecule is CS(C)(C)CC(=O)O.[H-].[H-].[Mg+2]. The molecule has 0 fully saturated rings. The minimum absolute atomic E-state index is 0. The topological polar surface area (TPSA) is 37.3 Å². The van der Waals surface area contributed by atoms with Crippen LogP contribution in [0.15, 0.2) is 0 Å². The third kappa shape index (κ3) is 11.9. The Bertz CT molecular complexity index is 105. The van der Waals surface area contributed by atoms with E-state index in [-0.39, 0.29) is 25.9 Å². The Morgan fingerprint density at radius 3 is 1.89 bits per heavy atom. The molecule has 54 valence electrons. The van der Waals surface area contributed by atoms with Crippen molar-refractivity contribution in [3.63, 3.8) is 0 Å². The Kier molecular flexibility index (Phi) is 6.02. The molecule has 0 aromatic rings. The predicted molar refractivity (Wildman–Crippen MR) is 45.8 cm³/mol. The van der Waals surface area contributed by atoms with E-state index in [1.54, 1.807) is 0 Å². The van der Waals surface area contributed by atoms with Gasteiger partial charge < -0.3 is 7.96 Å². The average molecular weight is 163 g/mol. The van der Waals surface area contributed by atoms with Crippen LogP contribution in [0.4, 0.5) is 0 Å². The Morgan fingerprint density at radius 1 is 1.56 bits per heavy atom. The van der Waals surface area contributed by atoms with Crippen molar-refractivity contribution in [1.29, 1.82) is 0 Å². The molecule has 4 heteroatoms. The number of hydrogen-bond donors (Lipinski definition) is 1. The smallest absolute Gasteiger partial charge is 1.00 e. The second-order valence-electron chi connectivity index (χ2n) is 2.63. The van der Waals surface area contributed by atoms with Gasteiger partial charge in [-0.25, -0.2) is 10.0 Å². The van der Waals surface area contributed by atoms with E-state index in [2.05, 4.69) is 0 Å². The van der Waals surface area contributed by atoms with Gasteiger partial charge >= 0.3 is 29.0 Å². The van der Waals surface area contributed by atoms with Gasteiger partial charge in [-0.15, -0.1) is 0 Å². The van der Waals surface area contributed by atoms with E-state index in [1.165, 1.54) is 0 Å². The van der Waals surface area contributed by atoms with E-state index in [0.717, 1.165) is 0 Å². The van der Waals surface area contributed by atoms with Crippen molar-refractivity contribution in [3.05, 3.63) is 0 Å². The second kappa shape index (κ2) is 4.41. The van der Waals surface area contributed by atoms with Crippen molar-refractivity contribution in [2.75, 3.05) is 24.5 Å². The summed E-state index contributed by atoms with van der Waals surface area (Å²) in [5.41, 5.74) is 0. The minimum atomic E-state index is -0.823. The molecule has 9 heavy (non-hydrogen) atoms. The van der Waals surface area contributed by atoms with Gasteiger partial charge in [0.05, 0.1) is 5.75 Å². The van der Waals surface area contributed by atoms with Crippen molar-refractivity contribution in [1.82, 2.24) is 0 Å². The summed E-state index contributed by atoms with van der Waals surface area (Å²) in [6.07, 6.45) is 5.96. The first-order chi connectivity index (χ1) is 3.42. The van der Waals surface area contributed by atoms with Crippen LogP contribution in [0.3, 0.4) is 0 Å². The molecule has 0 aromatic heterocycles. The standard InChI is InChI=1S/C5H12O2S.Mg.2H/c1-8(2,3)4-5(6)7;;;/h4H2,1-3H3,(H,6,7);;;/q;+2;2*-1. The summed E-state index contributed by atoms with van der Waals surface area (Å²) in [6.45, 7) is 0. The monoisotopic (exact) mass is 162 g/mol. The van der Waals surface area contributed by atoms with Gasteiger partial charge in [0.2, 0.25) is 0 Å². The molecule has 0 aliphatic rings. The normalized spacial score (nSPS) is 11.9. The van der Waals surface area contributed by atoms with E-state index in [9.17, 15) is 4.79 Å². The third-order valence-corrected chi connectivity index (χ3v) is 1.67. The summed E-state index contributed by atoms with van der Waals surface area (Å²) in [5.74, 6) is -0.361. The van der Waals surface area contributed by atoms with E-state index in [1.807, 2.05) is 18.8 Å². The van der Waals surface area contributed by atoms with Gasteiger partial charge in [-0.3, -0.25) is 4.79 Å². The van der Waals surface area contributed by atoms with Crippen LogP contribution in [-0.2, 0) is 4.79 Å². The van der Waals surface area contributed by atoms with Crippen molar-refractivity contribution in [3.8, 4) is 0 Å². The van der Waals surface area contributed by atoms with E-state index in [4.69, 9.17) is 5.11 Å². The number of carbonyl (C=O) groups is 1. The van der Waals surface area contributed by atoms with E-state index < -0.39 is 16.0 Å². The van der Waals surface area contributed by atoms with Gasteiger partial charge in [-0.2, -0.15) is 0 Å². The molecular formula is C5H14MgO2S. The van der Waals surface area contributed by atoms with Gasteiger partial charge in [-0.05, 0) is 18.8 Å². The summed E-state index contributed by atoms with van der Waals surface area (Å²) >= 11 is 0. The maximum absolute atomic E-state index is 10.0. The number of aliphatic carboxylic acids is 1. The maximum Gasteiger partial charge on any atom is 2.00 e. The zero-order chi connectivity index (χ0) is 6.78. The zero-order valence-corrected chi connectivity index (χ0v) is 8.41. The molecule has 0 saturated heterocycles. The molecule has 0 rings (SSSR count). The van der Waals surface area contributed by atoms with Gasteiger partial charge in [0.25, 0.3) is 0 Å². The number of hydrogen-bond acceptors (Lipinski definition) is 1. The van der Waals surface area contributed by atoms with Crippen LogP contribution >= 0.6 is 10.0 Å². The van der Waals surface area contributed by atoms with Gasteiger partial charge in [-0.1, -0.05) is 0 Å². The Hall–Kier alpha value is 0.586. The fraction of sp³-hybridized carbons (Fsp3) is 0.800. The Morgan fingerprint density at radius 2 is 1.89 bits per heavy atom. The van der Waals surface area contributed by atoms with Crippen molar-refractivity contribution in [2.24, 2.45) is 0 Å². The van der Waals surface area contributed by atoms with Gasteiger partial charge in [0.1, 0.15) is 0 Å².